The van der Waals surface area contributed by atoms with Crippen LogP contribution in [0, 0.1) is 13.8 Å². The predicted molar refractivity (Wildman–Crippen MR) is 190 cm³/mol. The molecule has 0 saturated carbocycles. The van der Waals surface area contributed by atoms with Gasteiger partial charge in [0.05, 0.1) is 57.1 Å². The lowest BCUT2D eigenvalue weighted by atomic mass is 9.76. The third-order valence-corrected chi connectivity index (χ3v) is 9.03. The van der Waals surface area contributed by atoms with Crippen molar-refractivity contribution in [2.24, 2.45) is 0 Å². The third kappa shape index (κ3) is 7.28. The quantitative estimate of drug-likeness (QED) is 0.128. The summed E-state index contributed by atoms with van der Waals surface area (Å²) in [5, 5.41) is 16.6. The standard InChI is InChI=1S/C19H21BF2N4O2.C13H9BrF2N4.2CH4/c1-11-10-26(25-24-11)17-13(16(21)22)9-12-14(7-6-8-15(12)23-17)20-27-18(2,3)19(4,5)28-20;1-7-6-20(19-18-7)13-9(12(15)16)5-8-10(14)3-2-4-11(8)17-13;;/h6-10,16H,1-5H3;2-6,12H,1H3;2*1H4. The lowest BCUT2D eigenvalue weighted by Gasteiger charge is -2.32. The number of nitrogens with zero attached hydrogens (tertiary/aromatic N) is 8. The molecule has 4 aromatic heterocycles. The van der Waals surface area contributed by atoms with Crippen molar-refractivity contribution in [3.05, 3.63) is 87.9 Å². The molecule has 0 radical (unpaired) electrons. The van der Waals surface area contributed by atoms with Crippen LogP contribution < -0.4 is 5.46 Å². The number of hydrogen-bond donors (Lipinski definition) is 0. The summed E-state index contributed by atoms with van der Waals surface area (Å²) in [5.41, 5.74) is 1.65. The zero-order valence-corrected chi connectivity index (χ0v) is 28.4. The normalized spacial score (nSPS) is 14.9. The van der Waals surface area contributed by atoms with Gasteiger partial charge in [0.1, 0.15) is 0 Å². The van der Waals surface area contributed by atoms with Crippen LogP contribution in [0.1, 0.15) is 77.9 Å². The summed E-state index contributed by atoms with van der Waals surface area (Å²) in [5.74, 6) is 0.167. The summed E-state index contributed by atoms with van der Waals surface area (Å²) in [6.07, 6.45) is -2.22. The number of aromatic nitrogens is 8. The van der Waals surface area contributed by atoms with Gasteiger partial charge >= 0.3 is 7.12 Å². The van der Waals surface area contributed by atoms with Crippen LogP contribution in [0.2, 0.25) is 0 Å². The second kappa shape index (κ2) is 14.5. The summed E-state index contributed by atoms with van der Waals surface area (Å²) in [6.45, 7) is 11.3. The molecule has 1 aliphatic heterocycles. The van der Waals surface area contributed by atoms with Crippen molar-refractivity contribution in [1.82, 2.24) is 40.0 Å². The summed E-state index contributed by atoms with van der Waals surface area (Å²) in [6, 6.07) is 13.6. The number of aryl methyl sites for hydroxylation is 2. The molecule has 1 fully saturated rings. The molecule has 5 heterocycles. The number of fused-ring (bicyclic) bond motifs is 2. The molecule has 2 aromatic carbocycles. The van der Waals surface area contributed by atoms with E-state index in [2.05, 4.69) is 46.5 Å². The van der Waals surface area contributed by atoms with E-state index in [1.165, 1.54) is 21.5 Å². The first-order chi connectivity index (χ1) is 22.6. The van der Waals surface area contributed by atoms with Gasteiger partial charge < -0.3 is 9.31 Å². The lowest BCUT2D eigenvalue weighted by Crippen LogP contribution is -2.41. The first-order valence-corrected chi connectivity index (χ1v) is 15.7. The molecule has 6 aromatic rings. The van der Waals surface area contributed by atoms with Crippen LogP contribution in [-0.4, -0.2) is 58.3 Å². The van der Waals surface area contributed by atoms with Gasteiger partial charge in [-0.2, -0.15) is 0 Å². The lowest BCUT2D eigenvalue weighted by molar-refractivity contribution is 0.00578. The maximum Gasteiger partial charge on any atom is 0.495 e. The molecule has 0 atom stereocenters. The Balaban J connectivity index is 0.000000227. The van der Waals surface area contributed by atoms with E-state index in [-0.39, 0.29) is 37.6 Å². The monoisotopic (exact) mass is 756 g/mol. The van der Waals surface area contributed by atoms with E-state index >= 15 is 0 Å². The maximum atomic E-state index is 13.8. The zero-order valence-electron chi connectivity index (χ0n) is 26.8. The molecular weight excluding hydrogens is 719 g/mol. The molecule has 16 heteroatoms. The van der Waals surface area contributed by atoms with Gasteiger partial charge in [0, 0.05) is 15.2 Å². The molecule has 0 spiro atoms. The Morgan fingerprint density at radius 1 is 0.700 bits per heavy atom. The Morgan fingerprint density at radius 3 is 1.58 bits per heavy atom. The van der Waals surface area contributed by atoms with Gasteiger partial charge in [0.25, 0.3) is 12.9 Å². The van der Waals surface area contributed by atoms with E-state index in [9.17, 15) is 17.6 Å². The highest BCUT2D eigenvalue weighted by Gasteiger charge is 2.52. The smallest absolute Gasteiger partial charge is 0.399 e. The molecule has 0 N–H and O–H groups in total. The predicted octanol–water partition coefficient (Wildman–Crippen LogP) is 8.46. The number of rotatable bonds is 5. The van der Waals surface area contributed by atoms with Gasteiger partial charge in [0.2, 0.25) is 0 Å². The van der Waals surface area contributed by atoms with Gasteiger partial charge in [-0.15, -0.1) is 10.2 Å². The van der Waals surface area contributed by atoms with Gasteiger partial charge in [0.15, 0.2) is 11.6 Å². The van der Waals surface area contributed by atoms with Gasteiger partial charge in [-0.1, -0.05) is 59.4 Å². The van der Waals surface area contributed by atoms with Crippen molar-refractivity contribution in [3.63, 3.8) is 0 Å². The fraction of sp³-hybridized carbons (Fsp3) is 0.353. The fourth-order valence-corrected chi connectivity index (χ4v) is 5.62. The van der Waals surface area contributed by atoms with Crippen LogP contribution in [0.4, 0.5) is 17.6 Å². The SMILES string of the molecule is C.C.Cc1cn(-c2nc3cccc(B4OC(C)(C)C(C)(C)O4)c3cc2C(F)F)nn1.Cc1cn(-c2nc3cccc(Br)c3cc2C(F)F)nn1. The van der Waals surface area contributed by atoms with Crippen LogP contribution in [-0.2, 0) is 9.31 Å². The highest BCUT2D eigenvalue weighted by Crippen LogP contribution is 2.37. The Labute approximate surface area is 296 Å². The molecule has 50 heavy (non-hydrogen) atoms. The van der Waals surface area contributed by atoms with E-state index in [4.69, 9.17) is 9.31 Å². The van der Waals surface area contributed by atoms with Gasteiger partial charge in [-0.3, -0.25) is 0 Å². The molecule has 0 bridgehead atoms. The van der Waals surface area contributed by atoms with Crippen molar-refractivity contribution in [2.75, 3.05) is 0 Å². The molecule has 0 aliphatic carbocycles. The first-order valence-electron chi connectivity index (χ1n) is 14.9. The summed E-state index contributed by atoms with van der Waals surface area (Å²) < 4.78 is 69.7. The Morgan fingerprint density at radius 2 is 1.14 bits per heavy atom. The van der Waals surface area contributed by atoms with Gasteiger partial charge in [-0.05, 0) is 77.3 Å². The average molecular weight is 757 g/mol. The topological polar surface area (TPSA) is 106 Å². The van der Waals surface area contributed by atoms with Crippen molar-refractivity contribution in [3.8, 4) is 11.6 Å². The van der Waals surface area contributed by atoms with Gasteiger partial charge in [-0.25, -0.2) is 36.9 Å². The second-order valence-corrected chi connectivity index (χ2v) is 13.2. The number of benzene rings is 2. The third-order valence-electron chi connectivity index (χ3n) is 8.34. The van der Waals surface area contributed by atoms with Crippen LogP contribution in [0.5, 0.6) is 0 Å². The summed E-state index contributed by atoms with van der Waals surface area (Å²) in [7, 11) is -0.666. The van der Waals surface area contributed by atoms with E-state index in [1.807, 2.05) is 39.8 Å². The number of hydrogen-bond acceptors (Lipinski definition) is 8. The first kappa shape index (κ1) is 38.5. The van der Waals surface area contributed by atoms with Crippen molar-refractivity contribution in [2.45, 2.75) is 80.4 Å². The molecule has 0 unspecified atom stereocenters. The van der Waals surface area contributed by atoms with Crippen molar-refractivity contribution in [1.29, 1.82) is 0 Å². The van der Waals surface area contributed by atoms with Crippen molar-refractivity contribution >= 4 is 50.3 Å². The Bertz CT molecular complexity index is 2120. The van der Waals surface area contributed by atoms with E-state index in [0.29, 0.717) is 38.7 Å². The minimum Gasteiger partial charge on any atom is -0.399 e. The van der Waals surface area contributed by atoms with E-state index in [0.717, 1.165) is 4.47 Å². The molecule has 1 aliphatic rings. The Hall–Kier alpha value is -4.28. The number of alkyl halides is 4. The molecule has 264 valence electrons. The van der Waals surface area contributed by atoms with E-state index < -0.39 is 31.2 Å². The average Bonchev–Trinajstić information content (AvgIpc) is 3.72. The highest BCUT2D eigenvalue weighted by molar-refractivity contribution is 9.10. The molecule has 7 rings (SSSR count). The second-order valence-electron chi connectivity index (χ2n) is 12.3. The minimum atomic E-state index is -2.72. The molecule has 10 nitrogen and oxygen atoms in total. The Kier molecular flexibility index (Phi) is 11.2. The molecule has 1 saturated heterocycles. The number of halogens is 5. The fourth-order valence-electron chi connectivity index (χ4n) is 5.15. The number of pyridine rings is 2. The highest BCUT2D eigenvalue weighted by atomic mass is 79.9. The molecule has 0 amide bonds. The van der Waals surface area contributed by atoms with Crippen LogP contribution in [0.25, 0.3) is 33.4 Å². The maximum absolute atomic E-state index is 13.8. The van der Waals surface area contributed by atoms with Crippen LogP contribution in [0.3, 0.4) is 0 Å². The summed E-state index contributed by atoms with van der Waals surface area (Å²) in [4.78, 5) is 8.75. The zero-order chi connectivity index (χ0) is 34.5. The van der Waals surface area contributed by atoms with Crippen molar-refractivity contribution < 1.29 is 26.9 Å². The van der Waals surface area contributed by atoms with E-state index in [1.54, 1.807) is 50.5 Å². The largest absolute Gasteiger partial charge is 0.495 e. The molecular formula is C34H38BBrF4N8O2. The van der Waals surface area contributed by atoms with Crippen LogP contribution in [0.15, 0.2) is 65.4 Å². The summed E-state index contributed by atoms with van der Waals surface area (Å²) >= 11 is 3.35. The van der Waals surface area contributed by atoms with Crippen LogP contribution >= 0.6 is 15.9 Å². The minimum absolute atomic E-state index is 0.